The molecule has 0 saturated heterocycles. The van der Waals surface area contributed by atoms with Gasteiger partial charge in [0.25, 0.3) is 0 Å². The molecule has 1 aromatic carbocycles. The molecule has 1 aliphatic carbocycles. The quantitative estimate of drug-likeness (QED) is 0.812. The van der Waals surface area contributed by atoms with Crippen molar-refractivity contribution in [3.8, 4) is 0 Å². The van der Waals surface area contributed by atoms with Crippen LogP contribution >= 0.6 is 0 Å². The lowest BCUT2D eigenvalue weighted by Gasteiger charge is -2.35. The fraction of sp³-hybridized carbons (Fsp3) is 0.647. The highest BCUT2D eigenvalue weighted by Crippen LogP contribution is 2.42. The molecule has 100 valence electrons. The van der Waals surface area contributed by atoms with Crippen LogP contribution in [0.3, 0.4) is 0 Å². The SMILES string of the molecule is CC1(C)CCC(c2cccc(C(C)(C)N)c2)CC1. The van der Waals surface area contributed by atoms with E-state index in [1.165, 1.54) is 36.8 Å². The van der Waals surface area contributed by atoms with E-state index >= 15 is 0 Å². The van der Waals surface area contributed by atoms with Gasteiger partial charge in [0.2, 0.25) is 0 Å². The molecule has 0 amide bonds. The summed E-state index contributed by atoms with van der Waals surface area (Å²) in [4.78, 5) is 0. The van der Waals surface area contributed by atoms with Crippen LogP contribution in [0.4, 0.5) is 0 Å². The predicted octanol–water partition coefficient (Wildman–Crippen LogP) is 4.56. The maximum atomic E-state index is 6.20. The standard InChI is InChI=1S/C17H27N/c1-16(2)10-8-13(9-11-16)14-6-5-7-15(12-14)17(3,4)18/h5-7,12-13H,8-11,18H2,1-4H3. The molecule has 0 aliphatic heterocycles. The van der Waals surface area contributed by atoms with Gasteiger partial charge in [0.05, 0.1) is 0 Å². The summed E-state index contributed by atoms with van der Waals surface area (Å²) in [6.45, 7) is 8.94. The van der Waals surface area contributed by atoms with Gasteiger partial charge in [0.15, 0.2) is 0 Å². The van der Waals surface area contributed by atoms with E-state index in [-0.39, 0.29) is 5.54 Å². The summed E-state index contributed by atoms with van der Waals surface area (Å²) in [5.41, 5.74) is 9.25. The van der Waals surface area contributed by atoms with E-state index < -0.39 is 0 Å². The number of benzene rings is 1. The molecule has 0 unspecified atom stereocenters. The third kappa shape index (κ3) is 3.14. The molecule has 0 spiro atoms. The lowest BCUT2D eigenvalue weighted by atomic mass is 9.71. The summed E-state index contributed by atoms with van der Waals surface area (Å²) in [7, 11) is 0. The molecule has 0 radical (unpaired) electrons. The fourth-order valence-electron chi connectivity index (χ4n) is 2.93. The zero-order valence-electron chi connectivity index (χ0n) is 12.3. The van der Waals surface area contributed by atoms with Gasteiger partial charge in [-0.05, 0) is 62.0 Å². The number of rotatable bonds is 2. The van der Waals surface area contributed by atoms with Crippen LogP contribution < -0.4 is 5.73 Å². The lowest BCUT2D eigenvalue weighted by Crippen LogP contribution is -2.29. The largest absolute Gasteiger partial charge is 0.322 e. The first kappa shape index (κ1) is 13.6. The first-order valence-electron chi connectivity index (χ1n) is 7.17. The Morgan fingerprint density at radius 1 is 1.17 bits per heavy atom. The van der Waals surface area contributed by atoms with Gasteiger partial charge in [-0.15, -0.1) is 0 Å². The minimum Gasteiger partial charge on any atom is -0.322 e. The first-order chi connectivity index (χ1) is 8.28. The molecule has 0 heterocycles. The van der Waals surface area contributed by atoms with Crippen molar-refractivity contribution in [3.63, 3.8) is 0 Å². The Kier molecular flexibility index (Phi) is 3.55. The van der Waals surface area contributed by atoms with Crippen molar-refractivity contribution in [2.24, 2.45) is 11.1 Å². The second-order valence-corrected chi connectivity index (χ2v) is 7.29. The van der Waals surface area contributed by atoms with Crippen molar-refractivity contribution in [3.05, 3.63) is 35.4 Å². The van der Waals surface area contributed by atoms with E-state index in [1.807, 2.05) is 0 Å². The van der Waals surface area contributed by atoms with Crippen LogP contribution in [0.2, 0.25) is 0 Å². The Morgan fingerprint density at radius 3 is 2.33 bits per heavy atom. The van der Waals surface area contributed by atoms with Crippen LogP contribution in [-0.4, -0.2) is 0 Å². The molecule has 1 aromatic rings. The molecule has 1 nitrogen and oxygen atoms in total. The molecular weight excluding hydrogens is 218 g/mol. The van der Waals surface area contributed by atoms with Gasteiger partial charge in [-0.2, -0.15) is 0 Å². The maximum absolute atomic E-state index is 6.20. The zero-order valence-corrected chi connectivity index (χ0v) is 12.3. The average Bonchev–Trinajstić information content (AvgIpc) is 2.28. The summed E-state index contributed by atoms with van der Waals surface area (Å²) >= 11 is 0. The van der Waals surface area contributed by atoms with Crippen molar-refractivity contribution in [2.75, 3.05) is 0 Å². The topological polar surface area (TPSA) is 26.0 Å². The minimum absolute atomic E-state index is 0.232. The Labute approximate surface area is 112 Å². The lowest BCUT2D eigenvalue weighted by molar-refractivity contribution is 0.224. The third-order valence-electron chi connectivity index (χ3n) is 4.44. The van der Waals surface area contributed by atoms with Gasteiger partial charge in [-0.1, -0.05) is 38.1 Å². The highest BCUT2D eigenvalue weighted by atomic mass is 14.7. The van der Waals surface area contributed by atoms with Crippen molar-refractivity contribution in [1.82, 2.24) is 0 Å². The Balaban J connectivity index is 2.15. The highest BCUT2D eigenvalue weighted by Gasteiger charge is 2.28. The average molecular weight is 245 g/mol. The van der Waals surface area contributed by atoms with Crippen molar-refractivity contribution in [2.45, 2.75) is 64.8 Å². The zero-order chi connectivity index (χ0) is 13.4. The van der Waals surface area contributed by atoms with E-state index in [1.54, 1.807) is 0 Å². The highest BCUT2D eigenvalue weighted by molar-refractivity contribution is 5.30. The number of hydrogen-bond donors (Lipinski definition) is 1. The molecule has 1 fully saturated rings. The molecule has 1 saturated carbocycles. The normalized spacial score (nSPS) is 20.9. The molecule has 0 bridgehead atoms. The molecule has 0 atom stereocenters. The van der Waals surface area contributed by atoms with E-state index in [0.29, 0.717) is 5.41 Å². The van der Waals surface area contributed by atoms with Crippen LogP contribution in [0.1, 0.15) is 70.4 Å². The molecule has 1 heteroatoms. The van der Waals surface area contributed by atoms with Gasteiger partial charge >= 0.3 is 0 Å². The van der Waals surface area contributed by atoms with Gasteiger partial charge in [0, 0.05) is 5.54 Å². The molecule has 18 heavy (non-hydrogen) atoms. The molecular formula is C17H27N. The van der Waals surface area contributed by atoms with E-state index in [2.05, 4.69) is 52.0 Å². The van der Waals surface area contributed by atoms with Gasteiger partial charge in [0.1, 0.15) is 0 Å². The van der Waals surface area contributed by atoms with Gasteiger partial charge in [-0.3, -0.25) is 0 Å². The fourth-order valence-corrected chi connectivity index (χ4v) is 2.93. The summed E-state index contributed by atoms with van der Waals surface area (Å²) in [6, 6.07) is 8.91. The van der Waals surface area contributed by atoms with Crippen LogP contribution in [0.25, 0.3) is 0 Å². The van der Waals surface area contributed by atoms with Gasteiger partial charge < -0.3 is 5.73 Å². The summed E-state index contributed by atoms with van der Waals surface area (Å²) in [5, 5.41) is 0. The minimum atomic E-state index is -0.232. The third-order valence-corrected chi connectivity index (χ3v) is 4.44. The second-order valence-electron chi connectivity index (χ2n) is 7.29. The van der Waals surface area contributed by atoms with E-state index in [4.69, 9.17) is 5.73 Å². The summed E-state index contributed by atoms with van der Waals surface area (Å²) < 4.78 is 0. The Bertz CT molecular complexity index is 402. The predicted molar refractivity (Wildman–Crippen MR) is 78.6 cm³/mol. The summed E-state index contributed by atoms with van der Waals surface area (Å²) in [6.07, 6.45) is 5.32. The number of hydrogen-bond acceptors (Lipinski definition) is 1. The molecule has 0 aromatic heterocycles. The summed E-state index contributed by atoms with van der Waals surface area (Å²) in [5.74, 6) is 0.736. The maximum Gasteiger partial charge on any atom is 0.0352 e. The van der Waals surface area contributed by atoms with Crippen LogP contribution in [0.15, 0.2) is 24.3 Å². The smallest absolute Gasteiger partial charge is 0.0352 e. The second kappa shape index (κ2) is 4.70. The van der Waals surface area contributed by atoms with Crippen LogP contribution in [0.5, 0.6) is 0 Å². The van der Waals surface area contributed by atoms with Crippen molar-refractivity contribution < 1.29 is 0 Å². The van der Waals surface area contributed by atoms with E-state index in [0.717, 1.165) is 5.92 Å². The molecule has 1 aliphatic rings. The van der Waals surface area contributed by atoms with E-state index in [9.17, 15) is 0 Å². The Hall–Kier alpha value is -0.820. The van der Waals surface area contributed by atoms with Crippen molar-refractivity contribution in [1.29, 1.82) is 0 Å². The van der Waals surface area contributed by atoms with Crippen LogP contribution in [-0.2, 0) is 5.54 Å². The molecule has 2 rings (SSSR count). The monoisotopic (exact) mass is 245 g/mol. The first-order valence-corrected chi connectivity index (χ1v) is 7.17. The molecule has 2 N–H and O–H groups in total. The van der Waals surface area contributed by atoms with Crippen molar-refractivity contribution >= 4 is 0 Å². The van der Waals surface area contributed by atoms with Crippen LogP contribution in [0, 0.1) is 5.41 Å². The number of nitrogens with two attached hydrogens (primary N) is 1. The van der Waals surface area contributed by atoms with Gasteiger partial charge in [-0.25, -0.2) is 0 Å². The Morgan fingerprint density at radius 2 is 1.78 bits per heavy atom.